The van der Waals surface area contributed by atoms with E-state index in [1.165, 1.54) is 12.3 Å². The second-order valence-electron chi connectivity index (χ2n) is 3.19. The van der Waals surface area contributed by atoms with Crippen LogP contribution in [0.15, 0.2) is 23.4 Å². The third kappa shape index (κ3) is 3.84. The number of nitrogen functional groups attached to an aromatic ring is 1. The summed E-state index contributed by atoms with van der Waals surface area (Å²) in [7, 11) is -3.80. The summed E-state index contributed by atoms with van der Waals surface area (Å²) >= 11 is 0. The zero-order valence-corrected chi connectivity index (χ0v) is 10.2. The average Bonchev–Trinajstić information content (AvgIpc) is 2.34. The first-order valence-corrected chi connectivity index (χ1v) is 6.40. The van der Waals surface area contributed by atoms with E-state index in [4.69, 9.17) is 11.6 Å². The third-order valence-electron chi connectivity index (χ3n) is 1.90. The van der Waals surface area contributed by atoms with E-state index in [9.17, 15) is 13.2 Å². The molecule has 0 saturated carbocycles. The van der Waals surface area contributed by atoms with Crippen molar-refractivity contribution in [1.82, 2.24) is 15.0 Å². The van der Waals surface area contributed by atoms with Crippen molar-refractivity contribution >= 4 is 21.7 Å². The molecule has 10 heteroatoms. The van der Waals surface area contributed by atoms with Gasteiger partial charge < -0.3 is 16.5 Å². The van der Waals surface area contributed by atoms with Gasteiger partial charge in [-0.3, -0.25) is 5.84 Å². The minimum Gasteiger partial charge on any atom is -0.352 e. The van der Waals surface area contributed by atoms with Gasteiger partial charge in [-0.1, -0.05) is 0 Å². The first kappa shape index (κ1) is 14.2. The number of anilines is 1. The Balaban J connectivity index is 2.71. The molecule has 18 heavy (non-hydrogen) atoms. The highest BCUT2D eigenvalue weighted by molar-refractivity contribution is 7.89. The number of pyridine rings is 1. The van der Waals surface area contributed by atoms with Crippen LogP contribution in [0.2, 0.25) is 0 Å². The summed E-state index contributed by atoms with van der Waals surface area (Å²) in [4.78, 5) is 14.1. The molecular formula is C8H14N6O3S. The summed E-state index contributed by atoms with van der Waals surface area (Å²) in [5.41, 5.74) is 7.25. The molecule has 1 aromatic heterocycles. The Kier molecular flexibility index (Phi) is 4.83. The first-order valence-electron chi connectivity index (χ1n) is 4.92. The van der Waals surface area contributed by atoms with E-state index in [1.54, 1.807) is 6.07 Å². The lowest BCUT2D eigenvalue weighted by Gasteiger charge is -2.09. The van der Waals surface area contributed by atoms with Crippen molar-refractivity contribution in [3.8, 4) is 0 Å². The summed E-state index contributed by atoms with van der Waals surface area (Å²) in [5.74, 6) is 5.19. The largest absolute Gasteiger partial charge is 0.352 e. The molecule has 0 aliphatic carbocycles. The number of nitrogens with two attached hydrogens (primary N) is 2. The van der Waals surface area contributed by atoms with Crippen LogP contribution < -0.4 is 27.0 Å². The lowest BCUT2D eigenvalue weighted by molar-refractivity contribution is 0.249. The number of nitrogens with zero attached hydrogens (tertiary/aromatic N) is 1. The van der Waals surface area contributed by atoms with E-state index in [0.29, 0.717) is 0 Å². The Morgan fingerprint density at radius 1 is 1.39 bits per heavy atom. The van der Waals surface area contributed by atoms with E-state index in [1.807, 2.05) is 0 Å². The zero-order valence-electron chi connectivity index (χ0n) is 9.38. The van der Waals surface area contributed by atoms with Crippen LogP contribution in [0.25, 0.3) is 0 Å². The van der Waals surface area contributed by atoms with Crippen molar-refractivity contribution < 1.29 is 13.2 Å². The van der Waals surface area contributed by atoms with Gasteiger partial charge in [0.15, 0.2) is 5.03 Å². The quantitative estimate of drug-likeness (QED) is 0.237. The predicted octanol–water partition coefficient (Wildman–Crippen LogP) is -1.69. The number of urea groups is 1. The van der Waals surface area contributed by atoms with Gasteiger partial charge in [-0.15, -0.1) is 0 Å². The van der Waals surface area contributed by atoms with Crippen molar-refractivity contribution in [1.29, 1.82) is 0 Å². The minimum atomic E-state index is -3.80. The molecule has 0 bridgehead atoms. The van der Waals surface area contributed by atoms with E-state index >= 15 is 0 Å². The monoisotopic (exact) mass is 274 g/mol. The van der Waals surface area contributed by atoms with E-state index in [-0.39, 0.29) is 23.8 Å². The molecule has 0 atom stereocenters. The smallest absolute Gasteiger partial charge is 0.312 e. The first-order chi connectivity index (χ1) is 8.47. The number of aromatic nitrogens is 1. The highest BCUT2D eigenvalue weighted by Crippen LogP contribution is 2.15. The Morgan fingerprint density at radius 3 is 2.72 bits per heavy atom. The number of primary amides is 1. The zero-order chi connectivity index (χ0) is 13.6. The number of sulfonamides is 1. The topological polar surface area (TPSA) is 152 Å². The molecule has 0 saturated heterocycles. The van der Waals surface area contributed by atoms with Gasteiger partial charge in [0.1, 0.15) is 0 Å². The van der Waals surface area contributed by atoms with Crippen LogP contribution in [0.1, 0.15) is 0 Å². The van der Waals surface area contributed by atoms with Crippen LogP contribution >= 0.6 is 0 Å². The maximum atomic E-state index is 11.8. The van der Waals surface area contributed by atoms with Crippen LogP contribution in [0.4, 0.5) is 10.5 Å². The van der Waals surface area contributed by atoms with Gasteiger partial charge >= 0.3 is 6.03 Å². The summed E-state index contributed by atoms with van der Waals surface area (Å²) in [5, 5.41) is 2.03. The number of hydrogen-bond acceptors (Lipinski definition) is 6. The Hall–Kier alpha value is -1.91. The van der Waals surface area contributed by atoms with E-state index in [0.717, 1.165) is 0 Å². The second-order valence-corrected chi connectivity index (χ2v) is 4.87. The molecule has 100 valence electrons. The summed E-state index contributed by atoms with van der Waals surface area (Å²) in [6, 6.07) is 2.29. The molecule has 2 amide bonds. The predicted molar refractivity (Wildman–Crippen MR) is 64.8 cm³/mol. The summed E-state index contributed by atoms with van der Waals surface area (Å²) in [6.07, 6.45) is 1.33. The van der Waals surface area contributed by atoms with Crippen LogP contribution in [-0.4, -0.2) is 32.5 Å². The molecule has 1 rings (SSSR count). The maximum absolute atomic E-state index is 11.8. The summed E-state index contributed by atoms with van der Waals surface area (Å²) in [6.45, 7) is 0.0681. The van der Waals surface area contributed by atoms with Crippen LogP contribution in [-0.2, 0) is 10.0 Å². The van der Waals surface area contributed by atoms with Gasteiger partial charge in [-0.25, -0.2) is 22.9 Å². The molecule has 9 nitrogen and oxygen atoms in total. The van der Waals surface area contributed by atoms with Crippen LogP contribution in [0.3, 0.4) is 0 Å². The van der Waals surface area contributed by atoms with Gasteiger partial charge in [0.2, 0.25) is 0 Å². The standard InChI is InChI=1S/C8H14N6O3S/c9-8(15)12-4-5-13-18(16,17)7-6(14-10)2-1-3-11-7/h1-3,13-14H,4-5,10H2,(H3,9,12,15). The molecule has 0 fully saturated rings. The van der Waals surface area contributed by atoms with Crippen molar-refractivity contribution in [2.75, 3.05) is 18.5 Å². The van der Waals surface area contributed by atoms with Gasteiger partial charge in [0.05, 0.1) is 5.69 Å². The average molecular weight is 274 g/mol. The third-order valence-corrected chi connectivity index (χ3v) is 3.32. The van der Waals surface area contributed by atoms with E-state index < -0.39 is 16.1 Å². The molecule has 0 aromatic carbocycles. The number of amides is 2. The lowest BCUT2D eigenvalue weighted by Crippen LogP contribution is -2.37. The molecule has 7 N–H and O–H groups in total. The molecule has 0 aliphatic heterocycles. The molecule has 0 spiro atoms. The number of nitrogens with one attached hydrogen (secondary N) is 3. The van der Waals surface area contributed by atoms with Crippen molar-refractivity contribution in [3.63, 3.8) is 0 Å². The highest BCUT2D eigenvalue weighted by atomic mass is 32.2. The molecule has 1 aromatic rings. The number of carbonyl (C=O) groups is 1. The van der Waals surface area contributed by atoms with Crippen LogP contribution in [0, 0.1) is 0 Å². The molecule has 1 heterocycles. The Morgan fingerprint density at radius 2 is 2.11 bits per heavy atom. The number of hydrogen-bond donors (Lipinski definition) is 5. The Labute approximate surface area is 104 Å². The SMILES string of the molecule is NNc1cccnc1S(=O)(=O)NCCNC(N)=O. The van der Waals surface area contributed by atoms with Crippen molar-refractivity contribution in [2.24, 2.45) is 11.6 Å². The van der Waals surface area contributed by atoms with Gasteiger partial charge in [0.25, 0.3) is 10.0 Å². The van der Waals surface area contributed by atoms with Crippen molar-refractivity contribution in [2.45, 2.75) is 5.03 Å². The fourth-order valence-corrected chi connectivity index (χ4v) is 2.28. The number of hydrazine groups is 1. The number of rotatable bonds is 6. The normalized spacial score (nSPS) is 10.9. The Bertz CT molecular complexity index is 517. The lowest BCUT2D eigenvalue weighted by atomic mass is 10.4. The van der Waals surface area contributed by atoms with E-state index in [2.05, 4.69) is 20.4 Å². The van der Waals surface area contributed by atoms with Gasteiger partial charge in [0, 0.05) is 19.3 Å². The summed E-state index contributed by atoms with van der Waals surface area (Å²) < 4.78 is 25.9. The maximum Gasteiger partial charge on any atom is 0.312 e. The molecule has 0 unspecified atom stereocenters. The highest BCUT2D eigenvalue weighted by Gasteiger charge is 2.18. The number of carbonyl (C=O) groups excluding carboxylic acids is 1. The fraction of sp³-hybridized carbons (Fsp3) is 0.250. The molecule has 0 aliphatic rings. The fourth-order valence-electron chi connectivity index (χ4n) is 1.15. The molecule has 0 radical (unpaired) electrons. The van der Waals surface area contributed by atoms with Gasteiger partial charge in [-0.2, -0.15) is 0 Å². The molecular weight excluding hydrogens is 260 g/mol. The van der Waals surface area contributed by atoms with Crippen LogP contribution in [0.5, 0.6) is 0 Å². The minimum absolute atomic E-state index is 0.00808. The van der Waals surface area contributed by atoms with Crippen molar-refractivity contribution in [3.05, 3.63) is 18.3 Å². The van der Waals surface area contributed by atoms with Gasteiger partial charge in [-0.05, 0) is 12.1 Å². The second kappa shape index (κ2) is 6.14.